The largest absolute Gasteiger partial charge is 0.494 e. The molecule has 5 rings (SSSR count). The van der Waals surface area contributed by atoms with Crippen LogP contribution in [0.2, 0.25) is 5.02 Å². The normalized spacial score (nSPS) is 22.3. The van der Waals surface area contributed by atoms with Gasteiger partial charge in [0.15, 0.2) is 5.78 Å². The summed E-state index contributed by atoms with van der Waals surface area (Å²) < 4.78 is 19.2. The van der Waals surface area contributed by atoms with Gasteiger partial charge in [-0.05, 0) is 55.5 Å². The molecule has 0 spiro atoms. The Hall–Kier alpha value is -2.31. The highest BCUT2D eigenvalue weighted by Gasteiger charge is 2.40. The molecule has 2 aromatic rings. The minimum absolute atomic E-state index is 0.0716. The summed E-state index contributed by atoms with van der Waals surface area (Å²) in [5.41, 5.74) is 3.12. The number of nitrogens with one attached hydrogen (secondary N) is 1. The van der Waals surface area contributed by atoms with Gasteiger partial charge in [0, 0.05) is 54.9 Å². The zero-order chi connectivity index (χ0) is 24.4. The number of methoxy groups -OCH3 is 1. The van der Waals surface area contributed by atoms with Crippen LogP contribution < -0.4 is 15.0 Å². The average Bonchev–Trinajstić information content (AvgIpc) is 2.90. The molecule has 0 amide bonds. The van der Waals surface area contributed by atoms with E-state index in [1.54, 1.807) is 13.2 Å². The highest BCUT2D eigenvalue weighted by molar-refractivity contribution is 6.31. The van der Waals surface area contributed by atoms with Crippen LogP contribution >= 0.6 is 11.6 Å². The first-order chi connectivity index (χ1) is 17.0. The Balaban J connectivity index is 1.35. The first-order valence-corrected chi connectivity index (χ1v) is 13.3. The molecule has 5 nitrogen and oxygen atoms in total. The molecule has 2 atom stereocenters. The Labute approximate surface area is 212 Å². The maximum absolute atomic E-state index is 14.0. The number of hydrogen-bond donors (Lipinski definition) is 1. The van der Waals surface area contributed by atoms with Gasteiger partial charge < -0.3 is 15.0 Å². The topological polar surface area (TPSA) is 44.8 Å². The van der Waals surface area contributed by atoms with E-state index in [1.165, 1.54) is 18.6 Å². The minimum atomic E-state index is -0.300. The number of Topliss-reactive ketones (excluding diaryl/α,β-unsaturated/α-hetero) is 1. The first-order valence-electron chi connectivity index (χ1n) is 13.0. The summed E-state index contributed by atoms with van der Waals surface area (Å²) in [6.07, 6.45) is 7.34. The molecule has 188 valence electrons. The van der Waals surface area contributed by atoms with E-state index in [2.05, 4.69) is 21.2 Å². The molecule has 2 fully saturated rings. The van der Waals surface area contributed by atoms with Gasteiger partial charge in [-0.2, -0.15) is 0 Å². The third kappa shape index (κ3) is 5.14. The van der Waals surface area contributed by atoms with Crippen LogP contribution in [0.15, 0.2) is 36.4 Å². The van der Waals surface area contributed by atoms with Crippen molar-refractivity contribution in [3.63, 3.8) is 0 Å². The quantitative estimate of drug-likeness (QED) is 0.564. The molecule has 2 unspecified atom stereocenters. The lowest BCUT2D eigenvalue weighted by molar-refractivity contribution is -0.130. The fourth-order valence-electron chi connectivity index (χ4n) is 6.17. The SMILES string of the molecule is COc1cc(F)ccc1N1CCN(C(C(=O)C2CCCCC2)C2CCc3c(Cl)cccc3N2)CC1. The van der Waals surface area contributed by atoms with E-state index < -0.39 is 0 Å². The monoisotopic (exact) mass is 499 g/mol. The number of nitrogens with zero attached hydrogens (tertiary/aromatic N) is 2. The molecule has 1 saturated carbocycles. The summed E-state index contributed by atoms with van der Waals surface area (Å²) >= 11 is 6.45. The van der Waals surface area contributed by atoms with Crippen LogP contribution in [0.5, 0.6) is 5.75 Å². The number of anilines is 2. The summed E-state index contributed by atoms with van der Waals surface area (Å²) in [6.45, 7) is 3.10. The van der Waals surface area contributed by atoms with Crippen LogP contribution in [0.1, 0.15) is 44.1 Å². The molecular formula is C28H35ClFN3O2. The molecule has 2 aliphatic heterocycles. The van der Waals surface area contributed by atoms with Crippen LogP contribution in [-0.4, -0.2) is 56.1 Å². The smallest absolute Gasteiger partial charge is 0.155 e. The number of ether oxygens (including phenoxy) is 1. The number of carbonyl (C=O) groups is 1. The van der Waals surface area contributed by atoms with E-state index in [0.29, 0.717) is 11.5 Å². The Morgan fingerprint density at radius 3 is 2.60 bits per heavy atom. The number of halogens is 2. The Morgan fingerprint density at radius 1 is 1.09 bits per heavy atom. The highest BCUT2D eigenvalue weighted by atomic mass is 35.5. The maximum atomic E-state index is 14.0. The number of carbonyl (C=O) groups excluding carboxylic acids is 1. The predicted octanol–water partition coefficient (Wildman–Crippen LogP) is 5.55. The Kier molecular flexibility index (Phi) is 7.49. The summed E-state index contributed by atoms with van der Waals surface area (Å²) in [5.74, 6) is 0.814. The summed E-state index contributed by atoms with van der Waals surface area (Å²) in [6, 6.07) is 10.6. The van der Waals surface area contributed by atoms with Crippen LogP contribution in [0, 0.1) is 11.7 Å². The lowest BCUT2D eigenvalue weighted by Crippen LogP contribution is -2.60. The molecule has 1 saturated heterocycles. The Morgan fingerprint density at radius 2 is 1.86 bits per heavy atom. The first kappa shape index (κ1) is 24.4. The van der Waals surface area contributed by atoms with Gasteiger partial charge in [-0.1, -0.05) is 36.9 Å². The molecule has 0 bridgehead atoms. The van der Waals surface area contributed by atoms with Crippen LogP contribution in [0.25, 0.3) is 0 Å². The fourth-order valence-corrected chi connectivity index (χ4v) is 6.44. The lowest BCUT2D eigenvalue weighted by Gasteiger charge is -2.45. The summed E-state index contributed by atoms with van der Waals surface area (Å²) in [5, 5.41) is 4.50. The van der Waals surface area contributed by atoms with Crippen molar-refractivity contribution >= 4 is 28.8 Å². The van der Waals surface area contributed by atoms with E-state index in [9.17, 15) is 9.18 Å². The van der Waals surface area contributed by atoms with Gasteiger partial charge in [0.1, 0.15) is 11.6 Å². The van der Waals surface area contributed by atoms with Gasteiger partial charge >= 0.3 is 0 Å². The molecular weight excluding hydrogens is 465 g/mol. The molecule has 2 aromatic carbocycles. The summed E-state index contributed by atoms with van der Waals surface area (Å²) in [4.78, 5) is 18.6. The van der Waals surface area contributed by atoms with E-state index in [-0.39, 0.29) is 23.8 Å². The standard InChI is InChI=1S/C28H35ClFN3O2/c1-35-26-18-20(30)10-13-25(26)32-14-16-33(17-15-32)27(28(34)19-6-3-2-4-7-19)24-12-11-21-22(29)8-5-9-23(21)31-24/h5,8-10,13,18-19,24,27,31H,2-4,6-7,11-12,14-17H2,1H3. The van der Waals surface area contributed by atoms with Crippen molar-refractivity contribution in [3.05, 3.63) is 52.8 Å². The van der Waals surface area contributed by atoms with E-state index in [0.717, 1.165) is 86.7 Å². The molecule has 1 aliphatic carbocycles. The number of hydrogen-bond acceptors (Lipinski definition) is 5. The van der Waals surface area contributed by atoms with Crippen molar-refractivity contribution in [2.75, 3.05) is 43.5 Å². The fraction of sp³-hybridized carbons (Fsp3) is 0.536. The van der Waals surface area contributed by atoms with Crippen molar-refractivity contribution < 1.29 is 13.9 Å². The van der Waals surface area contributed by atoms with Crippen LogP contribution in [0.3, 0.4) is 0 Å². The zero-order valence-corrected chi connectivity index (χ0v) is 21.2. The average molecular weight is 500 g/mol. The van der Waals surface area contributed by atoms with Crippen molar-refractivity contribution in [2.24, 2.45) is 5.92 Å². The number of rotatable bonds is 6. The van der Waals surface area contributed by atoms with Gasteiger partial charge in [0.2, 0.25) is 0 Å². The molecule has 1 N–H and O–H groups in total. The molecule has 3 aliphatic rings. The maximum Gasteiger partial charge on any atom is 0.155 e. The van der Waals surface area contributed by atoms with Gasteiger partial charge in [0.25, 0.3) is 0 Å². The van der Waals surface area contributed by atoms with E-state index in [4.69, 9.17) is 16.3 Å². The second-order valence-electron chi connectivity index (χ2n) is 10.1. The third-order valence-electron chi connectivity index (χ3n) is 8.04. The summed E-state index contributed by atoms with van der Waals surface area (Å²) in [7, 11) is 1.58. The van der Waals surface area contributed by atoms with Gasteiger partial charge in [-0.15, -0.1) is 0 Å². The Bertz CT molecular complexity index is 1050. The lowest BCUT2D eigenvalue weighted by atomic mass is 9.80. The van der Waals surface area contributed by atoms with E-state index >= 15 is 0 Å². The van der Waals surface area contributed by atoms with E-state index in [1.807, 2.05) is 12.1 Å². The second kappa shape index (κ2) is 10.8. The van der Waals surface area contributed by atoms with Gasteiger partial charge in [-0.25, -0.2) is 4.39 Å². The van der Waals surface area contributed by atoms with Crippen LogP contribution in [0.4, 0.5) is 15.8 Å². The molecule has 35 heavy (non-hydrogen) atoms. The molecule has 0 radical (unpaired) electrons. The highest BCUT2D eigenvalue weighted by Crippen LogP contribution is 2.36. The van der Waals surface area contributed by atoms with Crippen molar-refractivity contribution in [2.45, 2.75) is 57.0 Å². The number of ketones is 1. The van der Waals surface area contributed by atoms with Crippen LogP contribution in [-0.2, 0) is 11.2 Å². The van der Waals surface area contributed by atoms with Gasteiger partial charge in [0.05, 0.1) is 18.8 Å². The third-order valence-corrected chi connectivity index (χ3v) is 8.39. The number of fused-ring (bicyclic) bond motifs is 1. The minimum Gasteiger partial charge on any atom is -0.494 e. The number of benzene rings is 2. The number of piperazine rings is 1. The molecule has 7 heteroatoms. The van der Waals surface area contributed by atoms with Gasteiger partial charge in [-0.3, -0.25) is 9.69 Å². The predicted molar refractivity (Wildman–Crippen MR) is 139 cm³/mol. The van der Waals surface area contributed by atoms with Crippen molar-refractivity contribution in [1.29, 1.82) is 0 Å². The molecule has 2 heterocycles. The zero-order valence-electron chi connectivity index (χ0n) is 20.4. The second-order valence-corrected chi connectivity index (χ2v) is 10.5. The molecule has 0 aromatic heterocycles. The van der Waals surface area contributed by atoms with Crippen molar-refractivity contribution in [3.8, 4) is 5.75 Å². The van der Waals surface area contributed by atoms with Crippen molar-refractivity contribution in [1.82, 2.24) is 4.90 Å².